The first-order valence-corrected chi connectivity index (χ1v) is 8.46. The Morgan fingerprint density at radius 1 is 1.04 bits per heavy atom. The molecule has 7 nitrogen and oxygen atoms in total. The number of carbonyl (C=O) groups excluding carboxylic acids is 2. The molecule has 28 heavy (non-hydrogen) atoms. The number of rotatable bonds is 4. The number of benzene rings is 2. The molecular formula is C19H14ClFN4O3. The molecule has 3 aromatic rings. The zero-order chi connectivity index (χ0) is 20.3. The van der Waals surface area contributed by atoms with Crippen molar-refractivity contribution in [3.63, 3.8) is 0 Å². The van der Waals surface area contributed by atoms with Crippen LogP contribution in [0.2, 0.25) is 5.02 Å². The van der Waals surface area contributed by atoms with E-state index in [-0.39, 0.29) is 16.6 Å². The second-order valence-electron chi connectivity index (χ2n) is 5.77. The van der Waals surface area contributed by atoms with Gasteiger partial charge in [-0.1, -0.05) is 11.6 Å². The van der Waals surface area contributed by atoms with Crippen LogP contribution in [0, 0.1) is 5.82 Å². The fourth-order valence-corrected chi connectivity index (χ4v) is 2.61. The minimum absolute atomic E-state index is 0.0222. The first-order chi connectivity index (χ1) is 13.3. The molecule has 1 aromatic heterocycles. The highest BCUT2D eigenvalue weighted by molar-refractivity contribution is 6.34. The van der Waals surface area contributed by atoms with Gasteiger partial charge in [0, 0.05) is 18.7 Å². The molecule has 0 saturated carbocycles. The highest BCUT2D eigenvalue weighted by atomic mass is 35.5. The molecular weight excluding hydrogens is 387 g/mol. The van der Waals surface area contributed by atoms with Gasteiger partial charge in [-0.15, -0.1) is 0 Å². The van der Waals surface area contributed by atoms with Gasteiger partial charge in [0.15, 0.2) is 0 Å². The SMILES string of the molecule is CC(=O)Nc1ccc(NC(=O)c2ccc(=O)n(-c3ccc(F)cc3)n2)cc1Cl. The van der Waals surface area contributed by atoms with E-state index < -0.39 is 17.3 Å². The lowest BCUT2D eigenvalue weighted by Gasteiger charge is -2.10. The maximum absolute atomic E-state index is 13.1. The lowest BCUT2D eigenvalue weighted by atomic mass is 10.2. The van der Waals surface area contributed by atoms with Gasteiger partial charge >= 0.3 is 0 Å². The summed E-state index contributed by atoms with van der Waals surface area (Å²) in [4.78, 5) is 35.6. The van der Waals surface area contributed by atoms with Gasteiger partial charge in [0.1, 0.15) is 11.5 Å². The molecule has 0 bridgehead atoms. The first-order valence-electron chi connectivity index (χ1n) is 8.08. The second-order valence-corrected chi connectivity index (χ2v) is 6.18. The standard InChI is InChI=1S/C19H14ClFN4O3/c1-11(26)22-16-7-4-13(10-15(16)20)23-19(28)17-8-9-18(27)25(24-17)14-5-2-12(21)3-6-14/h2-10H,1H3,(H,22,26)(H,23,28). The Bertz CT molecular complexity index is 1110. The van der Waals surface area contributed by atoms with Gasteiger partial charge in [0.25, 0.3) is 11.5 Å². The van der Waals surface area contributed by atoms with Crippen LogP contribution >= 0.6 is 11.6 Å². The molecule has 0 aliphatic carbocycles. The van der Waals surface area contributed by atoms with Crippen LogP contribution in [-0.4, -0.2) is 21.6 Å². The van der Waals surface area contributed by atoms with Crippen molar-refractivity contribution in [3.05, 3.63) is 81.5 Å². The Morgan fingerprint density at radius 3 is 2.39 bits per heavy atom. The number of hydrogen-bond donors (Lipinski definition) is 2. The summed E-state index contributed by atoms with van der Waals surface area (Å²) in [6.45, 7) is 1.35. The molecule has 0 spiro atoms. The molecule has 0 atom stereocenters. The number of anilines is 2. The molecule has 3 rings (SSSR count). The topological polar surface area (TPSA) is 93.1 Å². The van der Waals surface area contributed by atoms with E-state index >= 15 is 0 Å². The summed E-state index contributed by atoms with van der Waals surface area (Å²) in [6.07, 6.45) is 0. The minimum atomic E-state index is -0.570. The van der Waals surface area contributed by atoms with Gasteiger partial charge in [-0.2, -0.15) is 9.78 Å². The first kappa shape index (κ1) is 19.2. The van der Waals surface area contributed by atoms with Crippen molar-refractivity contribution >= 4 is 34.8 Å². The predicted octanol–water partition coefficient (Wildman–Crippen LogP) is 3.24. The molecule has 0 saturated heterocycles. The van der Waals surface area contributed by atoms with E-state index in [0.717, 1.165) is 4.68 Å². The molecule has 0 aliphatic rings. The smallest absolute Gasteiger partial charge is 0.276 e. The zero-order valence-electron chi connectivity index (χ0n) is 14.6. The highest BCUT2D eigenvalue weighted by Crippen LogP contribution is 2.25. The fraction of sp³-hybridized carbons (Fsp3) is 0.0526. The van der Waals surface area contributed by atoms with Crippen LogP contribution in [0.25, 0.3) is 5.69 Å². The van der Waals surface area contributed by atoms with Gasteiger partial charge < -0.3 is 10.6 Å². The van der Waals surface area contributed by atoms with E-state index in [4.69, 9.17) is 11.6 Å². The van der Waals surface area contributed by atoms with E-state index in [1.165, 1.54) is 49.4 Å². The maximum Gasteiger partial charge on any atom is 0.276 e. The molecule has 9 heteroatoms. The molecule has 2 amide bonds. The monoisotopic (exact) mass is 400 g/mol. The number of hydrogen-bond acceptors (Lipinski definition) is 4. The summed E-state index contributed by atoms with van der Waals surface area (Å²) in [6, 6.07) is 12.2. The van der Waals surface area contributed by atoms with E-state index in [9.17, 15) is 18.8 Å². The van der Waals surface area contributed by atoms with E-state index in [1.807, 2.05) is 0 Å². The molecule has 0 fully saturated rings. The van der Waals surface area contributed by atoms with Crippen LogP contribution in [0.5, 0.6) is 0 Å². The molecule has 1 heterocycles. The molecule has 2 aromatic carbocycles. The van der Waals surface area contributed by atoms with E-state index in [2.05, 4.69) is 15.7 Å². The third-order valence-electron chi connectivity index (χ3n) is 3.64. The van der Waals surface area contributed by atoms with Crippen LogP contribution in [0.4, 0.5) is 15.8 Å². The van der Waals surface area contributed by atoms with Gasteiger partial charge in [0.05, 0.1) is 16.4 Å². The maximum atomic E-state index is 13.1. The largest absolute Gasteiger partial charge is 0.325 e. The average molecular weight is 401 g/mol. The van der Waals surface area contributed by atoms with Crippen molar-refractivity contribution in [1.29, 1.82) is 0 Å². The van der Waals surface area contributed by atoms with Crippen molar-refractivity contribution < 1.29 is 14.0 Å². The zero-order valence-corrected chi connectivity index (χ0v) is 15.3. The van der Waals surface area contributed by atoms with Crippen molar-refractivity contribution in [2.75, 3.05) is 10.6 Å². The number of nitrogens with zero attached hydrogens (tertiary/aromatic N) is 2. The summed E-state index contributed by atoms with van der Waals surface area (Å²) in [5, 5.41) is 9.45. The van der Waals surface area contributed by atoms with Gasteiger partial charge in [-0.25, -0.2) is 4.39 Å². The third kappa shape index (κ3) is 4.41. The Morgan fingerprint density at radius 2 is 1.75 bits per heavy atom. The Hall–Kier alpha value is -3.52. The third-order valence-corrected chi connectivity index (χ3v) is 3.95. The predicted molar refractivity (Wildman–Crippen MR) is 104 cm³/mol. The molecule has 142 valence electrons. The van der Waals surface area contributed by atoms with Gasteiger partial charge in [0.2, 0.25) is 5.91 Å². The summed E-state index contributed by atoms with van der Waals surface area (Å²) in [5.74, 6) is -1.30. The molecule has 0 aliphatic heterocycles. The van der Waals surface area contributed by atoms with Crippen LogP contribution in [-0.2, 0) is 4.79 Å². The van der Waals surface area contributed by atoms with Gasteiger partial charge in [-0.3, -0.25) is 14.4 Å². The Kier molecular flexibility index (Phi) is 5.51. The quantitative estimate of drug-likeness (QED) is 0.703. The normalized spacial score (nSPS) is 10.4. The summed E-state index contributed by atoms with van der Waals surface area (Å²) >= 11 is 6.08. The number of nitrogens with one attached hydrogen (secondary N) is 2. The number of amides is 2. The lowest BCUT2D eigenvalue weighted by Crippen LogP contribution is -2.24. The summed E-state index contributed by atoms with van der Waals surface area (Å²) < 4.78 is 14.1. The number of halogens is 2. The van der Waals surface area contributed by atoms with Crippen molar-refractivity contribution in [3.8, 4) is 5.69 Å². The summed E-state index contributed by atoms with van der Waals surface area (Å²) in [5.41, 5.74) is 0.626. The van der Waals surface area contributed by atoms with Crippen LogP contribution < -0.4 is 16.2 Å². The lowest BCUT2D eigenvalue weighted by molar-refractivity contribution is -0.114. The van der Waals surface area contributed by atoms with Crippen molar-refractivity contribution in [2.45, 2.75) is 6.92 Å². The molecule has 2 N–H and O–H groups in total. The number of carbonyl (C=O) groups is 2. The van der Waals surface area contributed by atoms with Crippen molar-refractivity contribution in [2.24, 2.45) is 0 Å². The van der Waals surface area contributed by atoms with Crippen LogP contribution in [0.1, 0.15) is 17.4 Å². The number of aromatic nitrogens is 2. The van der Waals surface area contributed by atoms with E-state index in [0.29, 0.717) is 17.1 Å². The van der Waals surface area contributed by atoms with Crippen molar-refractivity contribution in [1.82, 2.24) is 9.78 Å². The average Bonchev–Trinajstić information content (AvgIpc) is 2.65. The van der Waals surface area contributed by atoms with Gasteiger partial charge in [-0.05, 0) is 48.5 Å². The van der Waals surface area contributed by atoms with Crippen LogP contribution in [0.3, 0.4) is 0 Å². The fourth-order valence-electron chi connectivity index (χ4n) is 2.38. The highest BCUT2D eigenvalue weighted by Gasteiger charge is 2.12. The second kappa shape index (κ2) is 8.01. The minimum Gasteiger partial charge on any atom is -0.325 e. The van der Waals surface area contributed by atoms with E-state index in [1.54, 1.807) is 12.1 Å². The summed E-state index contributed by atoms with van der Waals surface area (Å²) in [7, 11) is 0. The Balaban J connectivity index is 1.84. The Labute approximate surface area is 163 Å². The molecule has 0 radical (unpaired) electrons. The van der Waals surface area contributed by atoms with Crippen LogP contribution in [0.15, 0.2) is 59.4 Å². The molecule has 0 unspecified atom stereocenters.